The first kappa shape index (κ1) is 22.1. The largest absolute Gasteiger partial charge is 0.497 e. The van der Waals surface area contributed by atoms with Crippen molar-refractivity contribution in [2.24, 2.45) is 25.9 Å². The van der Waals surface area contributed by atoms with Gasteiger partial charge in [-0.2, -0.15) is 0 Å². The minimum Gasteiger partial charge on any atom is -0.497 e. The molecule has 2 aromatic rings. The maximum Gasteiger partial charge on any atom is 0.331 e. The number of ether oxygens (including phenoxy) is 1. The first-order valence-corrected chi connectivity index (χ1v) is 9.72. The molecule has 2 aliphatic rings. The van der Waals surface area contributed by atoms with Crippen LogP contribution in [0.5, 0.6) is 5.75 Å². The topological polar surface area (TPSA) is 76.8 Å². The zero-order valence-corrected chi connectivity index (χ0v) is 18.4. The summed E-state index contributed by atoms with van der Waals surface area (Å²) < 4.78 is 7.52. The van der Waals surface area contributed by atoms with Crippen molar-refractivity contribution in [2.45, 2.75) is 6.04 Å². The molecule has 30 heavy (non-hydrogen) atoms. The fraction of sp³-hybridized carbons (Fsp3) is 0.476. The molecule has 162 valence electrons. The maximum atomic E-state index is 13.1. The predicted molar refractivity (Wildman–Crippen MR) is 115 cm³/mol. The number of carbonyl (C=O) groups is 1. The van der Waals surface area contributed by atoms with E-state index in [1.165, 1.54) is 30.3 Å². The van der Waals surface area contributed by atoms with Gasteiger partial charge in [0.25, 0.3) is 11.5 Å². The summed E-state index contributed by atoms with van der Waals surface area (Å²) in [5.41, 5.74) is 0.395. The molecule has 0 aliphatic carbocycles. The molecule has 0 radical (unpaired) electrons. The molecule has 1 amide bonds. The van der Waals surface area contributed by atoms with Crippen LogP contribution in [0.1, 0.15) is 22.1 Å². The number of likely N-dealkylation sites (tertiary alicyclic amines) is 2. The van der Waals surface area contributed by atoms with E-state index in [0.29, 0.717) is 24.9 Å². The lowest BCUT2D eigenvalue weighted by atomic mass is 9.89. The Balaban J connectivity index is 0.00000256. The highest BCUT2D eigenvalue weighted by atomic mass is 35.5. The van der Waals surface area contributed by atoms with Gasteiger partial charge in [-0.3, -0.25) is 23.6 Å². The number of halogens is 1. The van der Waals surface area contributed by atoms with Crippen LogP contribution in [0.3, 0.4) is 0 Å². The van der Waals surface area contributed by atoms with Crippen molar-refractivity contribution in [1.29, 1.82) is 0 Å². The van der Waals surface area contributed by atoms with E-state index in [9.17, 15) is 14.4 Å². The summed E-state index contributed by atoms with van der Waals surface area (Å²) in [6, 6.07) is 9.56. The average molecular weight is 435 g/mol. The summed E-state index contributed by atoms with van der Waals surface area (Å²) in [6.45, 7) is 2.14. The van der Waals surface area contributed by atoms with Crippen LogP contribution in [-0.2, 0) is 14.1 Å². The summed E-state index contributed by atoms with van der Waals surface area (Å²) in [5.74, 6) is 1.23. The van der Waals surface area contributed by atoms with E-state index in [-0.39, 0.29) is 30.0 Å². The molecule has 0 N–H and O–H groups in total. The van der Waals surface area contributed by atoms with Crippen LogP contribution in [-0.4, -0.2) is 58.6 Å². The Morgan fingerprint density at radius 3 is 2.30 bits per heavy atom. The Labute approximate surface area is 181 Å². The van der Waals surface area contributed by atoms with Crippen molar-refractivity contribution in [3.63, 3.8) is 0 Å². The second-order valence-electron chi connectivity index (χ2n) is 8.06. The summed E-state index contributed by atoms with van der Waals surface area (Å²) in [5, 5.41) is 0. The van der Waals surface area contributed by atoms with Crippen LogP contribution >= 0.6 is 12.4 Å². The number of amides is 1. The zero-order chi connectivity index (χ0) is 20.9. The van der Waals surface area contributed by atoms with E-state index in [0.717, 1.165) is 16.9 Å². The molecule has 2 saturated heterocycles. The quantitative estimate of drug-likeness (QED) is 0.717. The highest BCUT2D eigenvalue weighted by molar-refractivity contribution is 5.92. The molecule has 0 unspecified atom stereocenters. The standard InChI is InChI=1S/C21H26N4O4.ClH/c1-22-10-14-11-25(20(27)17-9-18(26)24(3)21(28)23(17)2)12-16(14)19(22)13-5-7-15(29-4)8-6-13;/h5-9,14,16,19H,10-12H2,1-4H3;1H/t14-,16+,19-;/m0./s1. The van der Waals surface area contributed by atoms with Gasteiger partial charge in [0, 0.05) is 51.8 Å². The number of rotatable bonds is 3. The number of aromatic nitrogens is 2. The minimum atomic E-state index is -0.490. The molecule has 2 aliphatic heterocycles. The monoisotopic (exact) mass is 434 g/mol. The predicted octanol–water partition coefficient (Wildman–Crippen LogP) is 0.889. The van der Waals surface area contributed by atoms with E-state index in [4.69, 9.17) is 4.74 Å². The molecular weight excluding hydrogens is 408 g/mol. The normalized spacial score (nSPS) is 23.2. The lowest BCUT2D eigenvalue weighted by Crippen LogP contribution is -2.42. The van der Waals surface area contributed by atoms with Gasteiger partial charge in [-0.1, -0.05) is 12.1 Å². The SMILES string of the molecule is COc1ccc([C@H]2[C@@H]3CN(C(=O)c4cc(=O)n(C)c(=O)n4C)C[C@@H]3CN2C)cc1.Cl. The highest BCUT2D eigenvalue weighted by Gasteiger charge is 2.47. The van der Waals surface area contributed by atoms with Gasteiger partial charge in [0.1, 0.15) is 11.4 Å². The summed E-state index contributed by atoms with van der Waals surface area (Å²) in [6.07, 6.45) is 0. The third kappa shape index (κ3) is 3.54. The van der Waals surface area contributed by atoms with Crippen molar-refractivity contribution in [3.8, 4) is 5.75 Å². The molecule has 8 nitrogen and oxygen atoms in total. The number of nitrogens with zero attached hydrogens (tertiary/aromatic N) is 4. The third-order valence-electron chi connectivity index (χ3n) is 6.38. The number of hydrogen-bond acceptors (Lipinski definition) is 5. The van der Waals surface area contributed by atoms with Crippen molar-refractivity contribution in [1.82, 2.24) is 18.9 Å². The number of carbonyl (C=O) groups excluding carboxylic acids is 1. The molecule has 0 spiro atoms. The molecular formula is C21H27ClN4O4. The molecule has 1 aromatic carbocycles. The van der Waals surface area contributed by atoms with Crippen molar-refractivity contribution in [3.05, 3.63) is 62.4 Å². The molecule has 3 heterocycles. The number of fused-ring (bicyclic) bond motifs is 1. The van der Waals surface area contributed by atoms with E-state index in [1.54, 1.807) is 12.0 Å². The Morgan fingerprint density at radius 2 is 1.67 bits per heavy atom. The Kier molecular flexibility index (Phi) is 6.10. The summed E-state index contributed by atoms with van der Waals surface area (Å²) in [4.78, 5) is 41.5. The fourth-order valence-electron chi connectivity index (χ4n) is 4.83. The molecule has 2 fully saturated rings. The van der Waals surface area contributed by atoms with Gasteiger partial charge < -0.3 is 9.64 Å². The molecule has 9 heteroatoms. The van der Waals surface area contributed by atoms with Gasteiger partial charge in [0.15, 0.2) is 0 Å². The first-order chi connectivity index (χ1) is 13.8. The van der Waals surface area contributed by atoms with Crippen LogP contribution in [0.4, 0.5) is 0 Å². The highest BCUT2D eigenvalue weighted by Crippen LogP contribution is 2.44. The van der Waals surface area contributed by atoms with Crippen LogP contribution in [0.2, 0.25) is 0 Å². The lowest BCUT2D eigenvalue weighted by Gasteiger charge is -2.27. The third-order valence-corrected chi connectivity index (χ3v) is 6.38. The van der Waals surface area contributed by atoms with Gasteiger partial charge in [-0.05, 0) is 30.7 Å². The van der Waals surface area contributed by atoms with E-state index >= 15 is 0 Å². The maximum absolute atomic E-state index is 13.1. The average Bonchev–Trinajstić information content (AvgIpc) is 3.25. The Bertz CT molecular complexity index is 1060. The lowest BCUT2D eigenvalue weighted by molar-refractivity contribution is 0.0756. The molecule has 0 bridgehead atoms. The zero-order valence-electron chi connectivity index (χ0n) is 17.6. The van der Waals surface area contributed by atoms with Gasteiger partial charge in [-0.25, -0.2) is 4.79 Å². The van der Waals surface area contributed by atoms with Gasteiger partial charge in [0.05, 0.1) is 7.11 Å². The second-order valence-corrected chi connectivity index (χ2v) is 8.06. The van der Waals surface area contributed by atoms with Crippen molar-refractivity contribution in [2.75, 3.05) is 33.8 Å². The Morgan fingerprint density at radius 1 is 1.00 bits per heavy atom. The van der Waals surface area contributed by atoms with Gasteiger partial charge >= 0.3 is 5.69 Å². The van der Waals surface area contributed by atoms with Crippen LogP contribution in [0, 0.1) is 11.8 Å². The fourth-order valence-corrected chi connectivity index (χ4v) is 4.83. The van der Waals surface area contributed by atoms with Crippen LogP contribution < -0.4 is 16.0 Å². The van der Waals surface area contributed by atoms with Gasteiger partial charge in [0.2, 0.25) is 0 Å². The van der Waals surface area contributed by atoms with Crippen LogP contribution in [0.25, 0.3) is 0 Å². The van der Waals surface area contributed by atoms with E-state index < -0.39 is 11.2 Å². The first-order valence-electron chi connectivity index (χ1n) is 9.72. The molecule has 1 aromatic heterocycles. The number of methoxy groups -OCH3 is 1. The molecule has 0 saturated carbocycles. The summed E-state index contributed by atoms with van der Waals surface area (Å²) in [7, 11) is 6.70. The van der Waals surface area contributed by atoms with Gasteiger partial charge in [-0.15, -0.1) is 12.4 Å². The molecule has 3 atom stereocenters. The smallest absolute Gasteiger partial charge is 0.331 e. The van der Waals surface area contributed by atoms with Crippen molar-refractivity contribution >= 4 is 18.3 Å². The van der Waals surface area contributed by atoms with E-state index in [1.807, 2.05) is 12.1 Å². The van der Waals surface area contributed by atoms with Crippen molar-refractivity contribution < 1.29 is 9.53 Å². The van der Waals surface area contributed by atoms with Crippen LogP contribution in [0.15, 0.2) is 39.9 Å². The molecule has 4 rings (SSSR count). The Hall–Kier alpha value is -2.58. The minimum absolute atomic E-state index is 0. The number of hydrogen-bond donors (Lipinski definition) is 0. The van der Waals surface area contributed by atoms with E-state index in [2.05, 4.69) is 24.1 Å². The second kappa shape index (κ2) is 8.28. The number of benzene rings is 1. The summed E-state index contributed by atoms with van der Waals surface area (Å²) >= 11 is 0.